The van der Waals surface area contributed by atoms with E-state index in [1.165, 1.54) is 89.9 Å². The summed E-state index contributed by atoms with van der Waals surface area (Å²) in [5.41, 5.74) is 0. The number of unbranched alkanes of at least 4 members (excludes halogenated alkanes) is 14. The first kappa shape index (κ1) is 24.9. The quantitative estimate of drug-likeness (QED) is 0.270. The zero-order chi connectivity index (χ0) is 19.1. The average molecular weight is 361 g/mol. The predicted molar refractivity (Wildman–Crippen MR) is 117 cm³/mol. The van der Waals surface area contributed by atoms with E-state index < -0.39 is 0 Å². The molecule has 0 aliphatic heterocycles. The lowest BCUT2D eigenvalue weighted by Crippen LogP contribution is -1.89. The summed E-state index contributed by atoms with van der Waals surface area (Å²) in [6.45, 7) is 3.98. The molecule has 150 valence electrons. The molecule has 0 aromatic heterocycles. The summed E-state index contributed by atoms with van der Waals surface area (Å²) in [6, 6.07) is 12.0. The minimum atomic E-state index is 0.347. The summed E-state index contributed by atoms with van der Waals surface area (Å²) in [5, 5.41) is 0. The van der Waals surface area contributed by atoms with Crippen LogP contribution in [0.5, 0.6) is 0 Å². The van der Waals surface area contributed by atoms with Crippen LogP contribution in [-0.2, 0) is 4.79 Å². The van der Waals surface area contributed by atoms with Crippen molar-refractivity contribution in [1.82, 2.24) is 0 Å². The Kier molecular flexibility index (Phi) is 21.0. The van der Waals surface area contributed by atoms with E-state index in [0.29, 0.717) is 5.78 Å². The smallest absolute Gasteiger partial charge is 0.129 e. The number of Topliss-reactive ketones (excluding diaryl/α,β-unsaturated/α-hetero) is 1. The first-order valence-electron chi connectivity index (χ1n) is 11.3. The van der Waals surface area contributed by atoms with Crippen molar-refractivity contribution >= 4 is 5.78 Å². The molecule has 1 nitrogen and oxygen atoms in total. The third-order valence-electron chi connectivity index (χ3n) is 4.80. The monoisotopic (exact) mass is 360 g/mol. The Morgan fingerprint density at radius 1 is 0.500 bits per heavy atom. The Labute approximate surface area is 164 Å². The van der Waals surface area contributed by atoms with Gasteiger partial charge in [0.1, 0.15) is 5.78 Å². The second kappa shape index (κ2) is 21.9. The number of hydrogen-bond donors (Lipinski definition) is 0. The molecular formula is C25H44O. The molecular weight excluding hydrogens is 316 g/mol. The number of carbonyl (C=O) groups is 1. The van der Waals surface area contributed by atoms with Crippen molar-refractivity contribution in [3.63, 3.8) is 0 Å². The van der Waals surface area contributed by atoms with E-state index in [0.717, 1.165) is 12.8 Å². The maximum absolute atomic E-state index is 10.8. The van der Waals surface area contributed by atoms with Crippen LogP contribution in [-0.4, -0.2) is 5.78 Å². The first-order chi connectivity index (χ1) is 12.8. The van der Waals surface area contributed by atoms with Crippen molar-refractivity contribution in [2.75, 3.05) is 0 Å². The van der Waals surface area contributed by atoms with Crippen LogP contribution < -0.4 is 0 Å². The summed E-state index contributed by atoms with van der Waals surface area (Å²) >= 11 is 0. The Bertz CT molecular complexity index is 344. The molecule has 0 atom stereocenters. The number of carbonyl (C=O) groups excluding carboxylic acids is 1. The molecule has 0 saturated carbocycles. The van der Waals surface area contributed by atoms with Gasteiger partial charge in [0, 0.05) is 6.42 Å². The zero-order valence-electron chi connectivity index (χ0n) is 17.7. The third kappa shape index (κ3) is 22.9. The second-order valence-electron chi connectivity index (χ2n) is 7.56. The summed E-state index contributed by atoms with van der Waals surface area (Å²) in [7, 11) is 0. The number of benzene rings is 1. The van der Waals surface area contributed by atoms with Gasteiger partial charge in [0.25, 0.3) is 0 Å². The van der Waals surface area contributed by atoms with Crippen molar-refractivity contribution in [3.05, 3.63) is 36.4 Å². The Morgan fingerprint density at radius 3 is 1.04 bits per heavy atom. The molecule has 0 fully saturated rings. The molecule has 0 aliphatic rings. The minimum Gasteiger partial charge on any atom is -0.300 e. The predicted octanol–water partition coefficient (Wildman–Crippen LogP) is 8.52. The lowest BCUT2D eigenvalue weighted by Gasteiger charge is -2.03. The Morgan fingerprint density at radius 2 is 0.769 bits per heavy atom. The van der Waals surface area contributed by atoms with E-state index in [2.05, 4.69) is 6.92 Å². The highest BCUT2D eigenvalue weighted by atomic mass is 16.1. The largest absolute Gasteiger partial charge is 0.300 e. The first-order valence-corrected chi connectivity index (χ1v) is 11.3. The highest BCUT2D eigenvalue weighted by Crippen LogP contribution is 2.13. The molecule has 0 saturated heterocycles. The molecule has 1 aromatic carbocycles. The molecule has 1 aromatic rings. The fourth-order valence-electron chi connectivity index (χ4n) is 3.13. The highest BCUT2D eigenvalue weighted by molar-refractivity contribution is 5.75. The standard InChI is InChI=1S/C19H38O.C6H6/c1-3-4-5-6-7-8-9-10-11-12-13-14-15-16-17-18-19(2)20;1-2-4-6-5-3-1/h3-18H2,1-2H3;1-6H. The number of rotatable bonds is 16. The van der Waals surface area contributed by atoms with Gasteiger partial charge in [-0.1, -0.05) is 133 Å². The molecule has 26 heavy (non-hydrogen) atoms. The van der Waals surface area contributed by atoms with Crippen molar-refractivity contribution in [2.45, 2.75) is 117 Å². The van der Waals surface area contributed by atoms with Crippen LogP contribution in [0.4, 0.5) is 0 Å². The summed E-state index contributed by atoms with van der Waals surface area (Å²) in [6.07, 6.45) is 21.6. The van der Waals surface area contributed by atoms with E-state index in [4.69, 9.17) is 0 Å². The van der Waals surface area contributed by atoms with Crippen LogP contribution in [0.1, 0.15) is 117 Å². The van der Waals surface area contributed by atoms with Crippen LogP contribution in [0.3, 0.4) is 0 Å². The van der Waals surface area contributed by atoms with Gasteiger partial charge in [-0.15, -0.1) is 0 Å². The lowest BCUT2D eigenvalue weighted by molar-refractivity contribution is -0.117. The maximum atomic E-state index is 10.8. The van der Waals surface area contributed by atoms with Gasteiger partial charge in [0.2, 0.25) is 0 Å². The SMILES string of the molecule is CCCCCCCCCCCCCCCCCC(C)=O.c1ccccc1. The maximum Gasteiger partial charge on any atom is 0.129 e. The molecule has 0 spiro atoms. The summed E-state index contributed by atoms with van der Waals surface area (Å²) in [5.74, 6) is 0.347. The molecule has 0 unspecified atom stereocenters. The number of ketones is 1. The fraction of sp³-hybridized carbons (Fsp3) is 0.720. The molecule has 0 aliphatic carbocycles. The van der Waals surface area contributed by atoms with Crippen molar-refractivity contribution in [1.29, 1.82) is 0 Å². The van der Waals surface area contributed by atoms with E-state index in [1.54, 1.807) is 6.92 Å². The Balaban J connectivity index is 0.000000867. The van der Waals surface area contributed by atoms with Crippen molar-refractivity contribution in [3.8, 4) is 0 Å². The van der Waals surface area contributed by atoms with Crippen LogP contribution in [0, 0.1) is 0 Å². The topological polar surface area (TPSA) is 17.1 Å². The van der Waals surface area contributed by atoms with Gasteiger partial charge in [-0.3, -0.25) is 0 Å². The molecule has 0 N–H and O–H groups in total. The normalized spacial score (nSPS) is 10.2. The van der Waals surface area contributed by atoms with Gasteiger partial charge in [0.05, 0.1) is 0 Å². The van der Waals surface area contributed by atoms with Gasteiger partial charge < -0.3 is 4.79 Å². The van der Waals surface area contributed by atoms with Crippen molar-refractivity contribution in [2.24, 2.45) is 0 Å². The Hall–Kier alpha value is -1.11. The molecule has 0 bridgehead atoms. The molecule has 0 radical (unpaired) electrons. The molecule has 1 heteroatoms. The highest BCUT2D eigenvalue weighted by Gasteiger charge is 1.95. The van der Waals surface area contributed by atoms with Gasteiger partial charge >= 0.3 is 0 Å². The summed E-state index contributed by atoms with van der Waals surface area (Å²) < 4.78 is 0. The number of hydrogen-bond acceptors (Lipinski definition) is 1. The van der Waals surface area contributed by atoms with E-state index in [-0.39, 0.29) is 0 Å². The third-order valence-corrected chi connectivity index (χ3v) is 4.80. The molecule has 1 rings (SSSR count). The van der Waals surface area contributed by atoms with Gasteiger partial charge in [0.15, 0.2) is 0 Å². The van der Waals surface area contributed by atoms with Gasteiger partial charge in [-0.2, -0.15) is 0 Å². The fourth-order valence-corrected chi connectivity index (χ4v) is 3.13. The van der Waals surface area contributed by atoms with Crippen LogP contribution in [0.25, 0.3) is 0 Å². The average Bonchev–Trinajstić information content (AvgIpc) is 2.66. The van der Waals surface area contributed by atoms with E-state index in [1.807, 2.05) is 36.4 Å². The van der Waals surface area contributed by atoms with Crippen LogP contribution in [0.2, 0.25) is 0 Å². The zero-order valence-corrected chi connectivity index (χ0v) is 17.7. The second-order valence-corrected chi connectivity index (χ2v) is 7.56. The minimum absolute atomic E-state index is 0.347. The van der Waals surface area contributed by atoms with Crippen molar-refractivity contribution < 1.29 is 4.79 Å². The lowest BCUT2D eigenvalue weighted by atomic mass is 10.0. The molecule has 0 heterocycles. The van der Waals surface area contributed by atoms with Gasteiger partial charge in [-0.25, -0.2) is 0 Å². The van der Waals surface area contributed by atoms with Crippen LogP contribution in [0.15, 0.2) is 36.4 Å². The van der Waals surface area contributed by atoms with Crippen LogP contribution >= 0.6 is 0 Å². The van der Waals surface area contributed by atoms with E-state index >= 15 is 0 Å². The molecule has 0 amide bonds. The summed E-state index contributed by atoms with van der Waals surface area (Å²) in [4.78, 5) is 10.8. The van der Waals surface area contributed by atoms with E-state index in [9.17, 15) is 4.79 Å². The van der Waals surface area contributed by atoms with Gasteiger partial charge in [-0.05, 0) is 13.3 Å².